The summed E-state index contributed by atoms with van der Waals surface area (Å²) in [6.07, 6.45) is 1.85. The third kappa shape index (κ3) is 8.51. The Kier molecular flexibility index (Phi) is 7.64. The lowest BCUT2D eigenvalue weighted by Crippen LogP contribution is -2.41. The van der Waals surface area contributed by atoms with Gasteiger partial charge in [0.05, 0.1) is 6.04 Å². The van der Waals surface area contributed by atoms with E-state index >= 15 is 0 Å². The van der Waals surface area contributed by atoms with Gasteiger partial charge in [-0.25, -0.2) is 9.78 Å². The molecule has 25 heavy (non-hydrogen) atoms. The summed E-state index contributed by atoms with van der Waals surface area (Å²) in [7, 11) is -1.13. The molecular weight excluding hydrogens is 338 g/mol. The van der Waals surface area contributed by atoms with E-state index in [0.717, 1.165) is 6.04 Å². The van der Waals surface area contributed by atoms with E-state index in [0.29, 0.717) is 19.2 Å². The summed E-state index contributed by atoms with van der Waals surface area (Å²) in [5, 5.41) is 13.1. The molecule has 0 aliphatic heterocycles. The Morgan fingerprint density at radius 3 is 2.60 bits per heavy atom. The minimum Gasteiger partial charge on any atom is -0.444 e. The molecule has 1 amide bonds. The van der Waals surface area contributed by atoms with Crippen LogP contribution in [0, 0.1) is 0 Å². The monoisotopic (exact) mass is 371 g/mol. The van der Waals surface area contributed by atoms with E-state index in [2.05, 4.69) is 29.9 Å². The van der Waals surface area contributed by atoms with Gasteiger partial charge in [-0.1, -0.05) is 19.6 Å². The molecule has 0 aliphatic carbocycles. The van der Waals surface area contributed by atoms with E-state index in [4.69, 9.17) is 9.47 Å². The van der Waals surface area contributed by atoms with E-state index in [-0.39, 0.29) is 0 Å². The van der Waals surface area contributed by atoms with Gasteiger partial charge in [-0.15, -0.1) is 0 Å². The molecule has 8 heteroatoms. The van der Waals surface area contributed by atoms with Gasteiger partial charge in [0.1, 0.15) is 24.3 Å². The zero-order valence-corrected chi connectivity index (χ0v) is 17.5. The number of aliphatic hydroxyl groups is 1. The largest absolute Gasteiger partial charge is 0.444 e. The number of nitrogens with zero attached hydrogens (tertiary/aromatic N) is 2. The number of ether oxygens (including phenoxy) is 2. The second-order valence-electron chi connectivity index (χ2n) is 8.48. The third-order valence-electron chi connectivity index (χ3n) is 3.46. The van der Waals surface area contributed by atoms with Crippen LogP contribution in [-0.4, -0.2) is 47.1 Å². The number of carbonyl (C=O) groups is 1. The molecule has 2 atom stereocenters. The van der Waals surface area contributed by atoms with Crippen LogP contribution in [0.4, 0.5) is 4.79 Å². The van der Waals surface area contributed by atoms with Crippen LogP contribution in [0.15, 0.2) is 12.4 Å². The van der Waals surface area contributed by atoms with Crippen molar-refractivity contribution < 1.29 is 19.4 Å². The number of hydrogen-bond donors (Lipinski definition) is 2. The fourth-order valence-corrected chi connectivity index (χ4v) is 2.79. The Bertz CT molecular complexity index is 549. The topological polar surface area (TPSA) is 85.6 Å². The number of amides is 1. The molecule has 1 unspecified atom stereocenters. The van der Waals surface area contributed by atoms with Crippen LogP contribution in [0.1, 0.15) is 39.6 Å². The Balaban J connectivity index is 2.57. The molecular formula is C17H33N3O4Si. The van der Waals surface area contributed by atoms with Gasteiger partial charge in [-0.3, -0.25) is 0 Å². The molecule has 0 radical (unpaired) electrons. The minimum atomic E-state index is -1.13. The van der Waals surface area contributed by atoms with Crippen molar-refractivity contribution in [3.8, 4) is 0 Å². The van der Waals surface area contributed by atoms with E-state index in [1.165, 1.54) is 0 Å². The average Bonchev–Trinajstić information content (AvgIpc) is 2.87. The van der Waals surface area contributed by atoms with Crippen LogP contribution >= 0.6 is 0 Å². The number of aliphatic hydroxyl groups excluding tert-OH is 1. The first-order valence-electron chi connectivity index (χ1n) is 8.65. The number of aromatic nitrogens is 2. The summed E-state index contributed by atoms with van der Waals surface area (Å²) < 4.78 is 12.7. The van der Waals surface area contributed by atoms with Gasteiger partial charge in [0, 0.05) is 27.1 Å². The fourth-order valence-electron chi connectivity index (χ4n) is 2.03. The Morgan fingerprint density at radius 2 is 2.04 bits per heavy atom. The van der Waals surface area contributed by atoms with Crippen LogP contribution in [0.25, 0.3) is 0 Å². The summed E-state index contributed by atoms with van der Waals surface area (Å²) in [6.45, 7) is 15.0. The van der Waals surface area contributed by atoms with Gasteiger partial charge in [0.25, 0.3) is 0 Å². The number of imidazole rings is 1. The zero-order chi connectivity index (χ0) is 19.3. The first-order valence-corrected chi connectivity index (χ1v) is 12.4. The van der Waals surface area contributed by atoms with Crippen molar-refractivity contribution in [1.82, 2.24) is 14.9 Å². The average molecular weight is 372 g/mol. The highest BCUT2D eigenvalue weighted by molar-refractivity contribution is 6.76. The summed E-state index contributed by atoms with van der Waals surface area (Å²) >= 11 is 0. The molecule has 0 fully saturated rings. The molecule has 0 aromatic carbocycles. The van der Waals surface area contributed by atoms with Gasteiger partial charge < -0.3 is 24.5 Å². The molecule has 2 N–H and O–H groups in total. The summed E-state index contributed by atoms with van der Waals surface area (Å²) in [4.78, 5) is 16.0. The van der Waals surface area contributed by atoms with Gasteiger partial charge in [-0.05, 0) is 33.7 Å². The highest BCUT2D eigenvalue weighted by Crippen LogP contribution is 2.16. The number of alkyl carbamates (subject to hydrolysis) is 1. The van der Waals surface area contributed by atoms with Crippen LogP contribution < -0.4 is 5.32 Å². The van der Waals surface area contributed by atoms with Gasteiger partial charge >= 0.3 is 6.09 Å². The Morgan fingerprint density at radius 1 is 1.40 bits per heavy atom. The van der Waals surface area contributed by atoms with Crippen LogP contribution in [-0.2, 0) is 16.2 Å². The van der Waals surface area contributed by atoms with E-state index in [1.54, 1.807) is 44.7 Å². The fraction of sp³-hybridized carbons (Fsp3) is 0.765. The number of rotatable bonds is 8. The molecule has 7 nitrogen and oxygen atoms in total. The maximum atomic E-state index is 11.8. The highest BCUT2D eigenvalue weighted by atomic mass is 28.3. The second-order valence-corrected chi connectivity index (χ2v) is 14.1. The van der Waals surface area contributed by atoms with Gasteiger partial charge in [0.15, 0.2) is 0 Å². The Labute approximate surface area is 151 Å². The van der Waals surface area contributed by atoms with Crippen molar-refractivity contribution in [2.75, 3.05) is 6.61 Å². The number of hydrogen-bond acceptors (Lipinski definition) is 5. The zero-order valence-electron chi connectivity index (χ0n) is 16.5. The molecule has 0 saturated heterocycles. The van der Waals surface area contributed by atoms with E-state index < -0.39 is 31.9 Å². The SMILES string of the molecule is C[C@H](NC(=O)OC(C)(C)C)C(O)c1nccn1COCC[Si](C)(C)C. The van der Waals surface area contributed by atoms with Gasteiger partial charge in [0.2, 0.25) is 0 Å². The lowest BCUT2D eigenvalue weighted by Gasteiger charge is -2.24. The minimum absolute atomic E-state index is 0.329. The van der Waals surface area contributed by atoms with Gasteiger partial charge in [-0.2, -0.15) is 0 Å². The summed E-state index contributed by atoms with van der Waals surface area (Å²) in [5.41, 5.74) is -0.586. The number of nitrogens with one attached hydrogen (secondary N) is 1. The molecule has 1 rings (SSSR count). The molecule has 1 heterocycles. The molecule has 0 aliphatic rings. The van der Waals surface area contributed by atoms with E-state index in [1.807, 2.05) is 0 Å². The van der Waals surface area contributed by atoms with Crippen molar-refractivity contribution >= 4 is 14.2 Å². The standard InChI is InChI=1S/C17H33N3O4Si/c1-13(19-16(22)24-17(2,3)4)14(21)15-18-8-9-20(15)12-23-10-11-25(5,6)7/h8-9,13-14,21H,10-12H2,1-7H3,(H,19,22)/t13-,14?/m0/s1. The van der Waals surface area contributed by atoms with Crippen LogP contribution in [0.2, 0.25) is 25.7 Å². The molecule has 0 saturated carbocycles. The molecule has 1 aromatic rings. The second kappa shape index (κ2) is 8.82. The first kappa shape index (κ1) is 21.7. The summed E-state index contributed by atoms with van der Waals surface area (Å²) in [5.74, 6) is 0.455. The highest BCUT2D eigenvalue weighted by Gasteiger charge is 2.25. The van der Waals surface area contributed by atoms with Crippen molar-refractivity contribution in [3.63, 3.8) is 0 Å². The first-order chi connectivity index (χ1) is 11.4. The smallest absolute Gasteiger partial charge is 0.407 e. The normalized spacial score (nSPS) is 14.9. The van der Waals surface area contributed by atoms with Crippen molar-refractivity contribution in [3.05, 3.63) is 18.2 Å². The summed E-state index contributed by atoms with van der Waals surface area (Å²) in [6, 6.07) is 0.536. The van der Waals surface area contributed by atoms with Crippen molar-refractivity contribution in [2.45, 2.75) is 77.9 Å². The number of carbonyl (C=O) groups excluding carboxylic acids is 1. The molecule has 1 aromatic heterocycles. The van der Waals surface area contributed by atoms with Crippen molar-refractivity contribution in [1.29, 1.82) is 0 Å². The molecule has 0 spiro atoms. The predicted molar refractivity (Wildman–Crippen MR) is 100 cm³/mol. The predicted octanol–water partition coefficient (Wildman–Crippen LogP) is 3.14. The molecule has 0 bridgehead atoms. The van der Waals surface area contributed by atoms with E-state index in [9.17, 15) is 9.90 Å². The molecule has 144 valence electrons. The third-order valence-corrected chi connectivity index (χ3v) is 5.16. The lowest BCUT2D eigenvalue weighted by atomic mass is 10.2. The lowest BCUT2D eigenvalue weighted by molar-refractivity contribution is 0.0401. The van der Waals surface area contributed by atoms with Crippen LogP contribution in [0.5, 0.6) is 0 Å². The Hall–Kier alpha value is -1.38. The quantitative estimate of drug-likeness (QED) is 0.541. The maximum absolute atomic E-state index is 11.8. The van der Waals surface area contributed by atoms with Crippen molar-refractivity contribution in [2.24, 2.45) is 0 Å². The van der Waals surface area contributed by atoms with Crippen LogP contribution in [0.3, 0.4) is 0 Å². The maximum Gasteiger partial charge on any atom is 0.407 e.